The van der Waals surface area contributed by atoms with Crippen LogP contribution in [0.25, 0.3) is 0 Å². The summed E-state index contributed by atoms with van der Waals surface area (Å²) in [6, 6.07) is 0. The monoisotopic (exact) mass is 119 g/mol. The normalized spacial score (nSPS) is 4.00. The highest BCUT2D eigenvalue weighted by Crippen LogP contribution is 1.27. The van der Waals surface area contributed by atoms with E-state index in [1.165, 1.54) is 0 Å². The highest BCUT2D eigenvalue weighted by Gasteiger charge is 1.85. The molecule has 0 aliphatic heterocycles. The highest BCUT2D eigenvalue weighted by atomic mass is 28.3. The lowest BCUT2D eigenvalue weighted by atomic mass is 10.8. The molecule has 0 saturated carbocycles. The number of hydrogen-bond acceptors (Lipinski definition) is 1. The Hall–Kier alpha value is 0.214. The van der Waals surface area contributed by atoms with E-state index < -0.39 is 9.17 Å². The lowest BCUT2D eigenvalue weighted by molar-refractivity contribution is 0.330. The molecule has 0 spiro atoms. The lowest BCUT2D eigenvalue weighted by Gasteiger charge is -1.55. The predicted molar refractivity (Wildman–Crippen MR) is 26.6 cm³/mol. The van der Waals surface area contributed by atoms with Crippen LogP contribution in [0.4, 0.5) is 0 Å². The van der Waals surface area contributed by atoms with Crippen LogP contribution in [0.3, 0.4) is 0 Å². The Labute approximate surface area is 49.6 Å². The minimum atomic E-state index is -3.13. The molecule has 6 heavy (non-hydrogen) atoms. The van der Waals surface area contributed by atoms with E-state index >= 15 is 0 Å². The second kappa shape index (κ2) is 8.96. The zero-order valence-corrected chi connectivity index (χ0v) is 3.38. The van der Waals surface area contributed by atoms with E-state index in [0.717, 1.165) is 0 Å². The molecule has 0 fully saturated rings. The average Bonchev–Trinajstić information content (AvgIpc) is 0.811. The van der Waals surface area contributed by atoms with Crippen LogP contribution in [-0.4, -0.2) is 44.5 Å². The van der Waals surface area contributed by atoms with Gasteiger partial charge in [-0.1, -0.05) is 0 Å². The van der Waals surface area contributed by atoms with Crippen LogP contribution in [0, 0.1) is 0 Å². The van der Waals surface area contributed by atoms with Crippen molar-refractivity contribution in [3.63, 3.8) is 0 Å². The summed E-state index contributed by atoms with van der Waals surface area (Å²) in [5.74, 6) is 0. The summed E-state index contributed by atoms with van der Waals surface area (Å²) < 4.78 is 8.74. The van der Waals surface area contributed by atoms with E-state index in [1.54, 1.807) is 0 Å². The molecule has 0 amide bonds. The fraction of sp³-hybridized carbons (Fsp3) is 0. The van der Waals surface area contributed by atoms with Gasteiger partial charge in [0.25, 0.3) is 0 Å². The third-order valence-corrected chi connectivity index (χ3v) is 0. The summed E-state index contributed by atoms with van der Waals surface area (Å²) in [7, 11) is -3.13. The maximum Gasteiger partial charge on any atom is 0.761 e. The van der Waals surface area contributed by atoms with Crippen LogP contribution in [0.1, 0.15) is 0 Å². The summed E-state index contributed by atoms with van der Waals surface area (Å²) in [5.41, 5.74) is 0. The molecule has 0 atom stereocenters. The van der Waals surface area contributed by atoms with Gasteiger partial charge in [-0.25, -0.2) is 0 Å². The Morgan fingerprint density at radius 3 is 1.33 bits per heavy atom. The molecule has 0 aromatic heterocycles. The minimum absolute atomic E-state index is 0. The van der Waals surface area contributed by atoms with Crippen LogP contribution >= 0.6 is 0 Å². The SMILES string of the molecule is O=[Si](O)O.[AlH3].[B]. The molecule has 0 aromatic rings. The van der Waals surface area contributed by atoms with E-state index in [9.17, 15) is 0 Å². The molecule has 0 aliphatic carbocycles. The fourth-order valence-electron chi connectivity index (χ4n) is 0. The summed E-state index contributed by atoms with van der Waals surface area (Å²) >= 11 is 0. The van der Waals surface area contributed by atoms with Crippen LogP contribution in [0.15, 0.2) is 0 Å². The zero-order valence-electron chi connectivity index (χ0n) is 2.38. The van der Waals surface area contributed by atoms with Crippen molar-refractivity contribution in [2.75, 3.05) is 0 Å². The Kier molecular flexibility index (Phi) is 24.4. The molecule has 6 heteroatoms. The van der Waals surface area contributed by atoms with Crippen molar-refractivity contribution in [3.05, 3.63) is 0 Å². The molecule has 0 unspecified atom stereocenters. The third kappa shape index (κ3) is 948. The molecular weight excluding hydrogens is 114 g/mol. The molecule has 33 valence electrons. The van der Waals surface area contributed by atoms with Crippen molar-refractivity contribution in [1.29, 1.82) is 0 Å². The first-order valence-electron chi connectivity index (χ1n) is 0.651. The van der Waals surface area contributed by atoms with Crippen LogP contribution in [0.2, 0.25) is 0 Å². The second-order valence-corrected chi connectivity index (χ2v) is 0.848. The summed E-state index contributed by atoms with van der Waals surface area (Å²) in [4.78, 5) is 14.3. The maximum absolute atomic E-state index is 8.74. The first kappa shape index (κ1) is 16.4. The summed E-state index contributed by atoms with van der Waals surface area (Å²) in [6.07, 6.45) is 0. The third-order valence-electron chi connectivity index (χ3n) is 0. The fourth-order valence-corrected chi connectivity index (χ4v) is 0. The molecule has 0 bridgehead atoms. The van der Waals surface area contributed by atoms with E-state index in [4.69, 9.17) is 14.1 Å². The van der Waals surface area contributed by atoms with Gasteiger partial charge in [-0.3, -0.25) is 4.46 Å². The average molecular weight is 119 g/mol. The van der Waals surface area contributed by atoms with Crippen molar-refractivity contribution >= 4 is 34.9 Å². The zero-order chi connectivity index (χ0) is 3.58. The Balaban J connectivity index is -0.0000000450. The molecule has 0 aliphatic rings. The number of rotatable bonds is 0. The van der Waals surface area contributed by atoms with Crippen LogP contribution in [-0.2, 0) is 4.46 Å². The molecule has 0 heterocycles. The molecule has 3 nitrogen and oxygen atoms in total. The van der Waals surface area contributed by atoms with Crippen molar-refractivity contribution in [3.8, 4) is 0 Å². The van der Waals surface area contributed by atoms with E-state index in [1.807, 2.05) is 0 Å². The van der Waals surface area contributed by atoms with Gasteiger partial charge in [0.1, 0.15) is 0 Å². The molecule has 0 saturated heterocycles. The Morgan fingerprint density at radius 1 is 1.33 bits per heavy atom. The lowest BCUT2D eigenvalue weighted by Crippen LogP contribution is -1.90. The van der Waals surface area contributed by atoms with Crippen molar-refractivity contribution < 1.29 is 14.1 Å². The first-order valence-corrected chi connectivity index (χ1v) is 1.95. The van der Waals surface area contributed by atoms with Crippen molar-refractivity contribution in [2.24, 2.45) is 0 Å². The van der Waals surface area contributed by atoms with Gasteiger partial charge in [0.2, 0.25) is 0 Å². The highest BCUT2D eigenvalue weighted by molar-refractivity contribution is 6.22. The summed E-state index contributed by atoms with van der Waals surface area (Å²) in [5, 5.41) is 0. The Bertz CT molecular complexity index is 33.8. The van der Waals surface area contributed by atoms with Gasteiger partial charge in [0.15, 0.2) is 17.4 Å². The van der Waals surface area contributed by atoms with E-state index in [0.29, 0.717) is 0 Å². The first-order chi connectivity index (χ1) is 1.73. The van der Waals surface area contributed by atoms with Crippen molar-refractivity contribution in [2.45, 2.75) is 0 Å². The quantitative estimate of drug-likeness (QED) is 0.330. The minimum Gasteiger partial charge on any atom is -0.511 e. The van der Waals surface area contributed by atoms with Crippen LogP contribution < -0.4 is 0 Å². The van der Waals surface area contributed by atoms with Crippen LogP contribution in [0.5, 0.6) is 0 Å². The molecule has 0 rings (SSSR count). The number of hydrogen-bond donors (Lipinski definition) is 2. The summed E-state index contributed by atoms with van der Waals surface area (Å²) in [6.45, 7) is 0. The van der Waals surface area contributed by atoms with Gasteiger partial charge in [-0.15, -0.1) is 0 Å². The molecule has 3 radical (unpaired) electrons. The standard InChI is InChI=1S/Al.B.H2O3Si.3H/c;;1-4(2)3;;;/h;;1-2H;;;. The van der Waals surface area contributed by atoms with E-state index in [-0.39, 0.29) is 25.8 Å². The second-order valence-electron chi connectivity index (χ2n) is 0.283. The molecule has 2 N–H and O–H groups in total. The Morgan fingerprint density at radius 2 is 1.33 bits per heavy atom. The van der Waals surface area contributed by atoms with Gasteiger partial charge >= 0.3 is 9.17 Å². The van der Waals surface area contributed by atoms with E-state index in [2.05, 4.69) is 0 Å². The molecular formula is H5AlBO3Si. The largest absolute Gasteiger partial charge is 0.761 e. The van der Waals surface area contributed by atoms with Gasteiger partial charge in [0.05, 0.1) is 0 Å². The van der Waals surface area contributed by atoms with Gasteiger partial charge < -0.3 is 9.59 Å². The maximum atomic E-state index is 8.74. The predicted octanol–water partition coefficient (Wildman–Crippen LogP) is -3.18. The smallest absolute Gasteiger partial charge is 0.511 e. The van der Waals surface area contributed by atoms with Gasteiger partial charge in [0, 0.05) is 8.41 Å². The van der Waals surface area contributed by atoms with Crippen molar-refractivity contribution in [1.82, 2.24) is 0 Å². The van der Waals surface area contributed by atoms with Gasteiger partial charge in [-0.05, 0) is 0 Å². The topological polar surface area (TPSA) is 57.5 Å². The van der Waals surface area contributed by atoms with Gasteiger partial charge in [-0.2, -0.15) is 0 Å². The molecule has 0 aromatic carbocycles.